The molecule has 9 nitrogen and oxygen atoms in total. The molecule has 2 heterocycles. The molecule has 0 aliphatic carbocycles. The highest BCUT2D eigenvalue weighted by atomic mass is 35.5. The van der Waals surface area contributed by atoms with E-state index in [2.05, 4.69) is 10.4 Å². The minimum absolute atomic E-state index is 0.0317. The zero-order chi connectivity index (χ0) is 30.6. The van der Waals surface area contributed by atoms with Crippen LogP contribution in [-0.2, 0) is 4.79 Å². The van der Waals surface area contributed by atoms with Gasteiger partial charge in [-0.3, -0.25) is 9.59 Å². The highest BCUT2D eigenvalue weighted by molar-refractivity contribution is 6.32. The van der Waals surface area contributed by atoms with Crippen molar-refractivity contribution in [2.24, 2.45) is 5.10 Å². The molecule has 1 amide bonds. The van der Waals surface area contributed by atoms with Crippen molar-refractivity contribution in [2.45, 2.75) is 6.92 Å². The summed E-state index contributed by atoms with van der Waals surface area (Å²) < 4.78 is 32.5. The van der Waals surface area contributed by atoms with Gasteiger partial charge in [0.15, 0.2) is 23.9 Å². The van der Waals surface area contributed by atoms with Crippen LogP contribution in [0.15, 0.2) is 105 Å². The Morgan fingerprint density at radius 1 is 1.05 bits per heavy atom. The summed E-state index contributed by atoms with van der Waals surface area (Å²) >= 11 is 6.55. The van der Waals surface area contributed by atoms with E-state index in [1.807, 2.05) is 24.3 Å². The Morgan fingerprint density at radius 3 is 2.64 bits per heavy atom. The molecule has 6 aromatic rings. The van der Waals surface area contributed by atoms with E-state index < -0.39 is 18.3 Å². The van der Waals surface area contributed by atoms with Gasteiger partial charge in [-0.25, -0.2) is 9.37 Å². The number of hydrogen-bond donors (Lipinski definition) is 1. The van der Waals surface area contributed by atoms with E-state index in [0.29, 0.717) is 27.8 Å². The van der Waals surface area contributed by atoms with Gasteiger partial charge >= 0.3 is 0 Å². The van der Waals surface area contributed by atoms with Gasteiger partial charge in [-0.15, -0.1) is 0 Å². The number of nitrogens with zero attached hydrogens (tertiary/aromatic N) is 3. The van der Waals surface area contributed by atoms with Crippen LogP contribution in [0.5, 0.6) is 11.5 Å². The number of aromatic nitrogens is 2. The minimum Gasteiger partial charge on any atom is -0.490 e. The lowest BCUT2D eigenvalue weighted by atomic mass is 10.2. The molecule has 0 saturated carbocycles. The van der Waals surface area contributed by atoms with Crippen LogP contribution in [0, 0.1) is 5.82 Å². The van der Waals surface area contributed by atoms with Gasteiger partial charge < -0.3 is 19.2 Å². The van der Waals surface area contributed by atoms with Gasteiger partial charge in [-0.1, -0.05) is 54.1 Å². The Morgan fingerprint density at radius 2 is 1.82 bits per heavy atom. The molecule has 0 saturated heterocycles. The van der Waals surface area contributed by atoms with Crippen molar-refractivity contribution in [2.75, 3.05) is 18.5 Å². The number of nitrogens with one attached hydrogen (secondary N) is 1. The van der Waals surface area contributed by atoms with E-state index >= 15 is 0 Å². The van der Waals surface area contributed by atoms with Crippen LogP contribution in [-0.4, -0.2) is 35.0 Å². The molecule has 11 heteroatoms. The van der Waals surface area contributed by atoms with Gasteiger partial charge in [-0.05, 0) is 61.0 Å². The Labute approximate surface area is 255 Å². The second-order valence-electron chi connectivity index (χ2n) is 9.54. The normalized spacial score (nSPS) is 11.3. The summed E-state index contributed by atoms with van der Waals surface area (Å²) in [4.78, 5) is 30.7. The van der Waals surface area contributed by atoms with Crippen molar-refractivity contribution in [1.82, 2.24) is 9.66 Å². The maximum atomic E-state index is 13.9. The zero-order valence-corrected chi connectivity index (χ0v) is 24.0. The maximum Gasteiger partial charge on any atom is 0.282 e. The second-order valence-corrected chi connectivity index (χ2v) is 9.95. The summed E-state index contributed by atoms with van der Waals surface area (Å²) in [6, 6.07) is 25.2. The monoisotopic (exact) mass is 610 g/mol. The van der Waals surface area contributed by atoms with Crippen molar-refractivity contribution in [3.05, 3.63) is 118 Å². The van der Waals surface area contributed by atoms with E-state index in [1.165, 1.54) is 29.1 Å². The number of para-hydroxylation sites is 3. The number of halogens is 2. The number of benzene rings is 4. The smallest absolute Gasteiger partial charge is 0.282 e. The fourth-order valence-corrected chi connectivity index (χ4v) is 4.83. The molecule has 0 radical (unpaired) electrons. The van der Waals surface area contributed by atoms with Crippen LogP contribution in [0.4, 0.5) is 10.1 Å². The average molecular weight is 611 g/mol. The number of carbonyl (C=O) groups is 1. The first-order valence-electron chi connectivity index (χ1n) is 13.6. The zero-order valence-electron chi connectivity index (χ0n) is 23.3. The highest BCUT2D eigenvalue weighted by Gasteiger charge is 2.18. The molecule has 0 aliphatic heterocycles. The van der Waals surface area contributed by atoms with E-state index in [9.17, 15) is 14.0 Å². The lowest BCUT2D eigenvalue weighted by Gasteiger charge is -2.14. The topological polar surface area (TPSA) is 108 Å². The average Bonchev–Trinajstić information content (AvgIpc) is 3.46. The summed E-state index contributed by atoms with van der Waals surface area (Å²) in [6.07, 6.45) is 1.44. The first-order chi connectivity index (χ1) is 21.4. The standard InChI is InChI=1S/C33H24ClFN4O5/c1-2-42-28-16-20(15-23(34)31(28)43-19-30(40)37-26-13-7-5-11-24(26)35)18-36-39-32(29-17-21-9-3-8-14-27(21)44-29)38-25-12-6-4-10-22(25)33(39)41/h3-18H,2,19H2,1H3,(H,37,40). The SMILES string of the molecule is CCOc1cc(C=Nn2c(-c3cc4ccccc4o3)nc3ccccc3c2=O)cc(Cl)c1OCC(=O)Nc1ccccc1F. The molecule has 4 aromatic carbocycles. The van der Waals surface area contributed by atoms with Gasteiger partial charge in [0.25, 0.3) is 11.5 Å². The van der Waals surface area contributed by atoms with Gasteiger partial charge in [0.2, 0.25) is 5.82 Å². The number of hydrogen-bond acceptors (Lipinski definition) is 7. The number of ether oxygens (including phenoxy) is 2. The lowest BCUT2D eigenvalue weighted by Crippen LogP contribution is -2.21. The van der Waals surface area contributed by atoms with Crippen LogP contribution in [0.2, 0.25) is 5.02 Å². The number of furan rings is 1. The van der Waals surface area contributed by atoms with Crippen molar-refractivity contribution in [1.29, 1.82) is 0 Å². The molecule has 44 heavy (non-hydrogen) atoms. The molecule has 0 atom stereocenters. The molecule has 0 fully saturated rings. The van der Waals surface area contributed by atoms with Gasteiger partial charge in [0, 0.05) is 5.39 Å². The number of amides is 1. The molecule has 0 aliphatic rings. The summed E-state index contributed by atoms with van der Waals surface area (Å²) in [5.74, 6) is -0.180. The Bertz CT molecular complexity index is 2070. The highest BCUT2D eigenvalue weighted by Crippen LogP contribution is 2.36. The molecule has 2 aromatic heterocycles. The summed E-state index contributed by atoms with van der Waals surface area (Å²) in [5, 5.41) is 8.31. The van der Waals surface area contributed by atoms with E-state index in [1.54, 1.807) is 55.5 Å². The van der Waals surface area contributed by atoms with Crippen molar-refractivity contribution in [3.63, 3.8) is 0 Å². The van der Waals surface area contributed by atoms with Crippen LogP contribution in [0.1, 0.15) is 12.5 Å². The molecular formula is C33H24ClFN4O5. The quantitative estimate of drug-likeness (QED) is 0.178. The molecule has 1 N–H and O–H groups in total. The molecule has 220 valence electrons. The van der Waals surface area contributed by atoms with Crippen LogP contribution >= 0.6 is 11.6 Å². The second kappa shape index (κ2) is 12.4. The third-order valence-corrected chi connectivity index (χ3v) is 6.83. The molecular weight excluding hydrogens is 587 g/mol. The van der Waals surface area contributed by atoms with Gasteiger partial charge in [0.1, 0.15) is 11.4 Å². The summed E-state index contributed by atoms with van der Waals surface area (Å²) in [6.45, 7) is 1.61. The van der Waals surface area contributed by atoms with Gasteiger partial charge in [0.05, 0.1) is 34.4 Å². The third kappa shape index (κ3) is 5.88. The first kappa shape index (κ1) is 28.6. The van der Waals surface area contributed by atoms with Crippen LogP contribution < -0.4 is 20.3 Å². The van der Waals surface area contributed by atoms with Crippen LogP contribution in [0.25, 0.3) is 33.5 Å². The van der Waals surface area contributed by atoms with Crippen molar-refractivity contribution < 1.29 is 23.1 Å². The fourth-order valence-electron chi connectivity index (χ4n) is 4.56. The van der Waals surface area contributed by atoms with E-state index in [0.717, 1.165) is 5.39 Å². The lowest BCUT2D eigenvalue weighted by molar-refractivity contribution is -0.118. The van der Waals surface area contributed by atoms with Crippen LogP contribution in [0.3, 0.4) is 0 Å². The summed E-state index contributed by atoms with van der Waals surface area (Å²) in [5.41, 5.74) is 1.27. The molecule has 0 unspecified atom stereocenters. The number of rotatable bonds is 9. The van der Waals surface area contributed by atoms with Crippen molar-refractivity contribution >= 4 is 51.3 Å². The predicted octanol–water partition coefficient (Wildman–Crippen LogP) is 6.90. The largest absolute Gasteiger partial charge is 0.490 e. The number of fused-ring (bicyclic) bond motifs is 2. The molecule has 0 bridgehead atoms. The summed E-state index contributed by atoms with van der Waals surface area (Å²) in [7, 11) is 0. The first-order valence-corrected chi connectivity index (χ1v) is 14.0. The van der Waals surface area contributed by atoms with E-state index in [-0.39, 0.29) is 40.2 Å². The number of carbonyl (C=O) groups excluding carboxylic acids is 1. The fraction of sp³-hybridized carbons (Fsp3) is 0.0909. The Kier molecular flexibility index (Phi) is 8.07. The molecule has 0 spiro atoms. The van der Waals surface area contributed by atoms with Gasteiger partial charge in [-0.2, -0.15) is 9.78 Å². The Balaban J connectivity index is 1.33. The Hall–Kier alpha value is -5.48. The molecule has 6 rings (SSSR count). The minimum atomic E-state index is -0.583. The van der Waals surface area contributed by atoms with Crippen molar-refractivity contribution in [3.8, 4) is 23.1 Å². The predicted molar refractivity (Wildman–Crippen MR) is 167 cm³/mol. The maximum absolute atomic E-state index is 13.9. The van der Waals surface area contributed by atoms with E-state index in [4.69, 9.17) is 30.5 Å². The number of anilines is 1. The third-order valence-electron chi connectivity index (χ3n) is 6.55.